The van der Waals surface area contributed by atoms with Crippen LogP contribution in [0.25, 0.3) is 0 Å². The van der Waals surface area contributed by atoms with Crippen LogP contribution in [0.2, 0.25) is 0 Å². The van der Waals surface area contributed by atoms with Crippen molar-refractivity contribution in [3.05, 3.63) is 36.5 Å². The summed E-state index contributed by atoms with van der Waals surface area (Å²) in [4.78, 5) is 22.3. The average molecular weight is 686 g/mol. The molecule has 0 aromatic carbocycles. The lowest BCUT2D eigenvalue weighted by Gasteiger charge is -2.20. The van der Waals surface area contributed by atoms with Gasteiger partial charge in [-0.15, -0.1) is 0 Å². The Hall–Kier alpha value is -1.28. The fraction of sp³-hybridized carbons (Fsp3) is 0.816. The molecular formula is C38H72NO7P. The number of phosphoric acid groups is 1. The van der Waals surface area contributed by atoms with Crippen molar-refractivity contribution >= 4 is 13.8 Å². The van der Waals surface area contributed by atoms with E-state index < -0.39 is 13.9 Å². The van der Waals surface area contributed by atoms with Crippen LogP contribution in [-0.2, 0) is 27.9 Å². The van der Waals surface area contributed by atoms with Gasteiger partial charge >= 0.3 is 13.8 Å². The first-order valence-electron chi connectivity index (χ1n) is 19.0. The van der Waals surface area contributed by atoms with E-state index >= 15 is 0 Å². The fourth-order valence-electron chi connectivity index (χ4n) is 5.00. The van der Waals surface area contributed by atoms with Crippen LogP contribution in [0, 0.1) is 0 Å². The van der Waals surface area contributed by atoms with E-state index in [1.165, 1.54) is 89.9 Å². The lowest BCUT2D eigenvalue weighted by Crippen LogP contribution is -2.28. The zero-order valence-corrected chi connectivity index (χ0v) is 31.2. The number of esters is 1. The van der Waals surface area contributed by atoms with E-state index in [2.05, 4.69) is 50.3 Å². The van der Waals surface area contributed by atoms with Crippen LogP contribution in [0.4, 0.5) is 0 Å². The van der Waals surface area contributed by atoms with Crippen LogP contribution in [-0.4, -0.2) is 49.9 Å². The van der Waals surface area contributed by atoms with Crippen LogP contribution >= 0.6 is 7.82 Å². The molecule has 2 atom stereocenters. The number of ether oxygens (including phenoxy) is 2. The molecule has 9 heteroatoms. The molecule has 47 heavy (non-hydrogen) atoms. The molecule has 0 bridgehead atoms. The second-order valence-electron chi connectivity index (χ2n) is 12.4. The van der Waals surface area contributed by atoms with E-state index in [0.29, 0.717) is 13.0 Å². The Morgan fingerprint density at radius 3 is 1.72 bits per heavy atom. The van der Waals surface area contributed by atoms with Gasteiger partial charge in [0.15, 0.2) is 0 Å². The molecule has 0 saturated heterocycles. The highest BCUT2D eigenvalue weighted by Gasteiger charge is 2.25. The topological polar surface area (TPSA) is 117 Å². The monoisotopic (exact) mass is 686 g/mol. The number of phosphoric ester groups is 1. The Bertz CT molecular complexity index is 818. The van der Waals surface area contributed by atoms with Crippen molar-refractivity contribution < 1.29 is 32.8 Å². The molecule has 0 saturated carbocycles. The third kappa shape index (κ3) is 35.8. The van der Waals surface area contributed by atoms with Crippen molar-refractivity contribution in [1.29, 1.82) is 0 Å². The van der Waals surface area contributed by atoms with Gasteiger partial charge in [0.1, 0.15) is 6.10 Å². The van der Waals surface area contributed by atoms with Gasteiger partial charge < -0.3 is 20.1 Å². The molecule has 0 aliphatic rings. The van der Waals surface area contributed by atoms with Gasteiger partial charge in [-0.2, -0.15) is 0 Å². The van der Waals surface area contributed by atoms with E-state index in [4.69, 9.17) is 24.3 Å². The second kappa shape index (κ2) is 36.0. The summed E-state index contributed by atoms with van der Waals surface area (Å²) in [5, 5.41) is 0. The molecule has 0 fully saturated rings. The molecule has 276 valence electrons. The Morgan fingerprint density at radius 1 is 0.638 bits per heavy atom. The number of carbonyl (C=O) groups is 1. The van der Waals surface area contributed by atoms with Crippen molar-refractivity contribution in [2.45, 2.75) is 168 Å². The number of hydrogen-bond acceptors (Lipinski definition) is 7. The van der Waals surface area contributed by atoms with Crippen LogP contribution < -0.4 is 5.73 Å². The molecule has 3 N–H and O–H groups in total. The standard InChI is InChI=1S/C38H72NO7P/c1-3-5-7-9-11-13-14-15-16-17-18-19-20-21-22-23-24-26-28-30-33-43-35-37(36-45-47(41,42)44-34-32-39)46-38(40)31-29-27-25-12-10-8-6-4-2/h11,13,15-16,18-19,37H,3-10,12,14,17,20-36,39H2,1-2H3,(H,41,42)/b13-11-,16-15-,19-18-. The smallest absolute Gasteiger partial charge is 0.457 e. The van der Waals surface area contributed by atoms with Gasteiger partial charge in [-0.3, -0.25) is 13.8 Å². The summed E-state index contributed by atoms with van der Waals surface area (Å²) in [5.74, 6) is -0.340. The Kier molecular flexibility index (Phi) is 35.0. The molecular weight excluding hydrogens is 613 g/mol. The predicted molar refractivity (Wildman–Crippen MR) is 196 cm³/mol. The number of nitrogens with two attached hydrogens (primary N) is 1. The number of unbranched alkanes of at least 4 members (excludes halogenated alkanes) is 17. The second-order valence-corrected chi connectivity index (χ2v) is 13.9. The first kappa shape index (κ1) is 45.7. The summed E-state index contributed by atoms with van der Waals surface area (Å²) in [6, 6.07) is 0. The minimum absolute atomic E-state index is 0.0974. The van der Waals surface area contributed by atoms with E-state index in [1.807, 2.05) is 0 Å². The maximum Gasteiger partial charge on any atom is 0.472 e. The third-order valence-corrected chi connectivity index (χ3v) is 8.79. The summed E-state index contributed by atoms with van der Waals surface area (Å²) >= 11 is 0. The maximum atomic E-state index is 12.4. The van der Waals surface area contributed by atoms with Gasteiger partial charge in [0.05, 0.1) is 19.8 Å². The fourth-order valence-corrected chi connectivity index (χ4v) is 5.77. The minimum Gasteiger partial charge on any atom is -0.457 e. The quantitative estimate of drug-likeness (QED) is 0.0290. The molecule has 0 amide bonds. The van der Waals surface area contributed by atoms with E-state index in [-0.39, 0.29) is 32.3 Å². The Morgan fingerprint density at radius 2 is 1.13 bits per heavy atom. The van der Waals surface area contributed by atoms with E-state index in [1.54, 1.807) is 0 Å². The molecule has 0 heterocycles. The molecule has 0 rings (SSSR count). The van der Waals surface area contributed by atoms with Crippen molar-refractivity contribution in [2.75, 3.05) is 33.0 Å². The van der Waals surface area contributed by atoms with Gasteiger partial charge in [-0.25, -0.2) is 4.57 Å². The van der Waals surface area contributed by atoms with Crippen molar-refractivity contribution in [3.8, 4) is 0 Å². The predicted octanol–water partition coefficient (Wildman–Crippen LogP) is 10.7. The van der Waals surface area contributed by atoms with Crippen LogP contribution in [0.1, 0.15) is 162 Å². The lowest BCUT2D eigenvalue weighted by molar-refractivity contribution is -0.154. The van der Waals surface area contributed by atoms with Crippen LogP contribution in [0.15, 0.2) is 36.5 Å². The molecule has 0 aliphatic heterocycles. The molecule has 0 aliphatic carbocycles. The number of carbonyl (C=O) groups excluding carboxylic acids is 1. The summed E-state index contributed by atoms with van der Waals surface area (Å²) < 4.78 is 33.2. The van der Waals surface area contributed by atoms with Gasteiger partial charge in [-0.05, 0) is 51.4 Å². The highest BCUT2D eigenvalue weighted by atomic mass is 31.2. The highest BCUT2D eigenvalue weighted by Crippen LogP contribution is 2.43. The number of hydrogen-bond donors (Lipinski definition) is 2. The zero-order valence-electron chi connectivity index (χ0n) is 30.3. The zero-order chi connectivity index (χ0) is 34.5. The summed E-state index contributed by atoms with van der Waals surface area (Å²) in [6.45, 7) is 4.83. The molecule has 0 spiro atoms. The van der Waals surface area contributed by atoms with Gasteiger partial charge in [0.25, 0.3) is 0 Å². The Balaban J connectivity index is 4.01. The first-order chi connectivity index (χ1) is 22.9. The number of rotatable bonds is 36. The SMILES string of the molecule is CCCCC/C=C\C/C=C\C/C=C\CCCCCCCCCOCC(COP(=O)(O)OCCN)OC(=O)CCCCCCCCCC. The van der Waals surface area contributed by atoms with Gasteiger partial charge in [0, 0.05) is 19.6 Å². The highest BCUT2D eigenvalue weighted by molar-refractivity contribution is 7.47. The van der Waals surface area contributed by atoms with Crippen molar-refractivity contribution in [3.63, 3.8) is 0 Å². The van der Waals surface area contributed by atoms with Crippen molar-refractivity contribution in [1.82, 2.24) is 0 Å². The van der Waals surface area contributed by atoms with Crippen molar-refractivity contribution in [2.24, 2.45) is 5.73 Å². The minimum atomic E-state index is -4.27. The molecule has 0 aromatic rings. The summed E-state index contributed by atoms with van der Waals surface area (Å²) in [6.07, 6.45) is 38.8. The summed E-state index contributed by atoms with van der Waals surface area (Å²) in [5.41, 5.74) is 5.34. The molecule has 0 aromatic heterocycles. The largest absolute Gasteiger partial charge is 0.472 e. The van der Waals surface area contributed by atoms with Gasteiger partial charge in [0.2, 0.25) is 0 Å². The summed E-state index contributed by atoms with van der Waals surface area (Å²) in [7, 11) is -4.27. The molecule has 2 unspecified atom stereocenters. The molecule has 8 nitrogen and oxygen atoms in total. The van der Waals surface area contributed by atoms with E-state index in [9.17, 15) is 14.3 Å². The number of allylic oxidation sites excluding steroid dienone is 6. The first-order valence-corrected chi connectivity index (χ1v) is 20.5. The van der Waals surface area contributed by atoms with E-state index in [0.717, 1.165) is 51.4 Å². The lowest BCUT2D eigenvalue weighted by atomic mass is 10.1. The Labute approximate surface area is 288 Å². The van der Waals surface area contributed by atoms with Crippen LogP contribution in [0.3, 0.4) is 0 Å². The maximum absolute atomic E-state index is 12.4. The molecule has 0 radical (unpaired) electrons. The van der Waals surface area contributed by atoms with Gasteiger partial charge in [-0.1, -0.05) is 140 Å². The third-order valence-electron chi connectivity index (χ3n) is 7.81. The average Bonchev–Trinajstić information content (AvgIpc) is 3.06. The van der Waals surface area contributed by atoms with Crippen LogP contribution in [0.5, 0.6) is 0 Å². The normalized spacial score (nSPS) is 14.0.